The van der Waals surface area contributed by atoms with Crippen LogP contribution in [-0.4, -0.2) is 57.6 Å². The highest BCUT2D eigenvalue weighted by Crippen LogP contribution is 2.29. The Balaban J connectivity index is 2.40. The number of amides is 2. The van der Waals surface area contributed by atoms with E-state index < -0.39 is 28.5 Å². The largest absolute Gasteiger partial charge is 0.495 e. The van der Waals surface area contributed by atoms with Gasteiger partial charge in [0.15, 0.2) is 0 Å². The first-order valence-electron chi connectivity index (χ1n) is 10.9. The molecule has 2 rings (SSSR count). The molecule has 0 aliphatic heterocycles. The lowest BCUT2D eigenvalue weighted by molar-refractivity contribution is -0.139. The Labute approximate surface area is 210 Å². The van der Waals surface area contributed by atoms with Crippen molar-refractivity contribution in [2.45, 2.75) is 33.4 Å². The van der Waals surface area contributed by atoms with Crippen LogP contribution in [0.4, 0.5) is 5.69 Å². The summed E-state index contributed by atoms with van der Waals surface area (Å²) in [6.07, 6.45) is 1.03. The Hall–Kier alpha value is -2.59. The van der Waals surface area contributed by atoms with Gasteiger partial charge in [-0.3, -0.25) is 13.9 Å². The molecule has 0 radical (unpaired) electrons. The molecule has 1 N–H and O–H groups in total. The number of halogens is 1. The molecule has 0 saturated heterocycles. The fourth-order valence-corrected chi connectivity index (χ4v) is 4.60. The van der Waals surface area contributed by atoms with Crippen LogP contribution in [0.1, 0.15) is 26.3 Å². The molecule has 2 aromatic rings. The molecule has 0 spiro atoms. The van der Waals surface area contributed by atoms with Crippen LogP contribution in [0.25, 0.3) is 0 Å². The van der Waals surface area contributed by atoms with E-state index in [-0.39, 0.29) is 24.1 Å². The number of hydrogen-bond donors (Lipinski definition) is 1. The number of hydrogen-bond acceptors (Lipinski definition) is 5. The molecule has 0 bridgehead atoms. The van der Waals surface area contributed by atoms with Crippen LogP contribution in [0.15, 0.2) is 53.0 Å². The maximum Gasteiger partial charge on any atom is 0.244 e. The van der Waals surface area contributed by atoms with Crippen molar-refractivity contribution in [3.8, 4) is 5.75 Å². The summed E-state index contributed by atoms with van der Waals surface area (Å²) in [7, 11) is -2.40. The van der Waals surface area contributed by atoms with Gasteiger partial charge in [0, 0.05) is 17.6 Å². The first-order chi connectivity index (χ1) is 15.9. The predicted molar refractivity (Wildman–Crippen MR) is 137 cm³/mol. The van der Waals surface area contributed by atoms with Gasteiger partial charge >= 0.3 is 0 Å². The van der Waals surface area contributed by atoms with E-state index in [2.05, 4.69) is 21.2 Å². The maximum atomic E-state index is 13.5. The SMILES string of the molecule is COc1ccccc1N(CC(=O)N(Cc1cccc(Br)c1)[C@H](C)C(=O)NCC(C)C)S(C)(=O)=O. The molecule has 0 unspecified atom stereocenters. The van der Waals surface area contributed by atoms with Crippen LogP contribution in [0.5, 0.6) is 5.75 Å². The minimum absolute atomic E-state index is 0.137. The number of carbonyl (C=O) groups is 2. The van der Waals surface area contributed by atoms with Crippen molar-refractivity contribution in [1.82, 2.24) is 10.2 Å². The molecule has 34 heavy (non-hydrogen) atoms. The van der Waals surface area contributed by atoms with Crippen LogP contribution < -0.4 is 14.4 Å². The van der Waals surface area contributed by atoms with E-state index in [1.807, 2.05) is 38.1 Å². The van der Waals surface area contributed by atoms with E-state index in [4.69, 9.17) is 4.74 Å². The molecule has 2 amide bonds. The van der Waals surface area contributed by atoms with E-state index in [0.717, 1.165) is 20.6 Å². The van der Waals surface area contributed by atoms with Crippen LogP contribution in [0.3, 0.4) is 0 Å². The third kappa shape index (κ3) is 7.73. The average Bonchev–Trinajstić information content (AvgIpc) is 2.78. The molecular weight excluding hydrogens is 522 g/mol. The van der Waals surface area contributed by atoms with E-state index >= 15 is 0 Å². The van der Waals surface area contributed by atoms with Gasteiger partial charge in [-0.05, 0) is 42.7 Å². The summed E-state index contributed by atoms with van der Waals surface area (Å²) in [4.78, 5) is 27.8. The molecule has 0 fully saturated rings. The normalized spacial score (nSPS) is 12.2. The van der Waals surface area contributed by atoms with Gasteiger partial charge in [0.25, 0.3) is 0 Å². The highest BCUT2D eigenvalue weighted by molar-refractivity contribution is 9.10. The number of benzene rings is 2. The second-order valence-electron chi connectivity index (χ2n) is 8.41. The van der Waals surface area contributed by atoms with Crippen molar-refractivity contribution >= 4 is 43.5 Å². The Kier molecular flexibility index (Phi) is 9.93. The lowest BCUT2D eigenvalue weighted by Gasteiger charge is -2.32. The Morgan fingerprint density at radius 1 is 1.09 bits per heavy atom. The highest BCUT2D eigenvalue weighted by atomic mass is 79.9. The number of anilines is 1. The molecule has 0 aliphatic rings. The van der Waals surface area contributed by atoms with E-state index in [9.17, 15) is 18.0 Å². The molecule has 1 atom stereocenters. The summed E-state index contributed by atoms with van der Waals surface area (Å²) in [5.41, 5.74) is 1.05. The highest BCUT2D eigenvalue weighted by Gasteiger charge is 2.31. The zero-order valence-electron chi connectivity index (χ0n) is 20.1. The standard InChI is InChI=1S/C24H32BrN3O5S/c1-17(2)14-26-24(30)18(3)27(15-19-9-8-10-20(25)13-19)23(29)16-28(34(5,31)32)21-11-6-7-12-22(21)33-4/h6-13,17-18H,14-16H2,1-5H3,(H,26,30)/t18-/m1/s1. The lowest BCUT2D eigenvalue weighted by atomic mass is 10.1. The fraction of sp³-hybridized carbons (Fsp3) is 0.417. The van der Waals surface area contributed by atoms with Gasteiger partial charge in [0.1, 0.15) is 18.3 Å². The number of nitrogens with zero attached hydrogens (tertiary/aromatic N) is 2. The summed E-state index contributed by atoms with van der Waals surface area (Å²) in [6, 6.07) is 13.2. The first-order valence-corrected chi connectivity index (χ1v) is 13.5. The number of methoxy groups -OCH3 is 1. The summed E-state index contributed by atoms with van der Waals surface area (Å²) in [5, 5.41) is 2.85. The van der Waals surface area contributed by atoms with Crippen LogP contribution in [-0.2, 0) is 26.2 Å². The molecule has 2 aromatic carbocycles. The van der Waals surface area contributed by atoms with E-state index in [0.29, 0.717) is 12.3 Å². The summed E-state index contributed by atoms with van der Waals surface area (Å²) in [5.74, 6) is -0.248. The number of sulfonamides is 1. The zero-order valence-corrected chi connectivity index (χ0v) is 22.5. The third-order valence-electron chi connectivity index (χ3n) is 5.13. The van der Waals surface area contributed by atoms with Gasteiger partial charge in [0.2, 0.25) is 21.8 Å². The molecule has 0 aromatic heterocycles. The monoisotopic (exact) mass is 553 g/mol. The summed E-state index contributed by atoms with van der Waals surface area (Å²) < 4.78 is 32.5. The number of para-hydroxylation sites is 2. The van der Waals surface area contributed by atoms with Gasteiger partial charge in [-0.1, -0.05) is 54.0 Å². The number of rotatable bonds is 11. The van der Waals surface area contributed by atoms with E-state index in [1.165, 1.54) is 12.0 Å². The summed E-state index contributed by atoms with van der Waals surface area (Å²) in [6.45, 7) is 5.73. The Bertz CT molecular complexity index is 1110. The van der Waals surface area contributed by atoms with Crippen molar-refractivity contribution in [1.29, 1.82) is 0 Å². The molecule has 0 heterocycles. The van der Waals surface area contributed by atoms with Gasteiger partial charge in [-0.25, -0.2) is 8.42 Å². The zero-order chi connectivity index (χ0) is 25.5. The van der Waals surface area contributed by atoms with Crippen molar-refractivity contribution in [2.75, 3.05) is 30.8 Å². The average molecular weight is 555 g/mol. The Morgan fingerprint density at radius 2 is 1.76 bits per heavy atom. The Morgan fingerprint density at radius 3 is 2.35 bits per heavy atom. The third-order valence-corrected chi connectivity index (χ3v) is 6.75. The second-order valence-corrected chi connectivity index (χ2v) is 11.2. The smallest absolute Gasteiger partial charge is 0.244 e. The van der Waals surface area contributed by atoms with Crippen LogP contribution >= 0.6 is 15.9 Å². The van der Waals surface area contributed by atoms with Crippen molar-refractivity contribution in [2.24, 2.45) is 5.92 Å². The van der Waals surface area contributed by atoms with Crippen LogP contribution in [0.2, 0.25) is 0 Å². The second kappa shape index (κ2) is 12.2. The molecule has 0 saturated carbocycles. The molecule has 186 valence electrons. The molecular formula is C24H32BrN3O5S. The molecule has 10 heteroatoms. The minimum Gasteiger partial charge on any atom is -0.495 e. The molecule has 0 aliphatic carbocycles. The van der Waals surface area contributed by atoms with Gasteiger partial charge in [-0.2, -0.15) is 0 Å². The van der Waals surface area contributed by atoms with Gasteiger partial charge in [-0.15, -0.1) is 0 Å². The fourth-order valence-electron chi connectivity index (χ4n) is 3.30. The van der Waals surface area contributed by atoms with Gasteiger partial charge in [0.05, 0.1) is 19.1 Å². The number of ether oxygens (including phenoxy) is 1. The first kappa shape index (κ1) is 27.7. The van der Waals surface area contributed by atoms with Crippen molar-refractivity contribution in [3.63, 3.8) is 0 Å². The van der Waals surface area contributed by atoms with Gasteiger partial charge < -0.3 is 15.0 Å². The lowest BCUT2D eigenvalue weighted by Crippen LogP contribution is -2.51. The number of nitrogens with one attached hydrogen (secondary N) is 1. The van der Waals surface area contributed by atoms with Crippen molar-refractivity contribution < 1.29 is 22.7 Å². The van der Waals surface area contributed by atoms with Crippen molar-refractivity contribution in [3.05, 3.63) is 58.6 Å². The quantitative estimate of drug-likeness (QED) is 0.460. The molecule has 8 nitrogen and oxygen atoms in total. The number of carbonyl (C=O) groups excluding carboxylic acids is 2. The maximum absolute atomic E-state index is 13.5. The minimum atomic E-state index is -3.83. The predicted octanol–water partition coefficient (Wildman–Crippen LogP) is 3.41. The van der Waals surface area contributed by atoms with E-state index in [1.54, 1.807) is 31.2 Å². The van der Waals surface area contributed by atoms with Crippen LogP contribution in [0, 0.1) is 5.92 Å². The topological polar surface area (TPSA) is 96.0 Å². The summed E-state index contributed by atoms with van der Waals surface area (Å²) >= 11 is 3.42.